The van der Waals surface area contributed by atoms with E-state index in [1.54, 1.807) is 6.92 Å². The van der Waals surface area contributed by atoms with Crippen LogP contribution in [0.5, 0.6) is 0 Å². The fraction of sp³-hybridized carbons (Fsp3) is 0.353. The van der Waals surface area contributed by atoms with E-state index < -0.39 is 5.60 Å². The number of amides is 1. The topological polar surface area (TPSA) is 49.3 Å². The van der Waals surface area contributed by atoms with Crippen LogP contribution in [0.1, 0.15) is 30.4 Å². The molecule has 3 unspecified atom stereocenters. The van der Waals surface area contributed by atoms with Crippen LogP contribution in [0.25, 0.3) is 0 Å². The predicted octanol–water partition coefficient (Wildman–Crippen LogP) is 3.53. The van der Waals surface area contributed by atoms with Gasteiger partial charge in [-0.1, -0.05) is 23.7 Å². The first-order valence-corrected chi connectivity index (χ1v) is 8.58. The van der Waals surface area contributed by atoms with E-state index in [0.29, 0.717) is 5.02 Å². The van der Waals surface area contributed by atoms with Crippen LogP contribution in [0.2, 0.25) is 5.02 Å². The standard InChI is InChI=1S/C17H18ClNO2S/c1-17(21,12-5-6-22-9-12)10-19-16(20)15-8-14(15)11-3-2-4-13(18)7-11/h2-7,9,14-15,21H,8,10H2,1H3,(H,19,20). The Labute approximate surface area is 138 Å². The first-order valence-electron chi connectivity index (χ1n) is 7.25. The molecule has 1 aromatic carbocycles. The number of thiophene rings is 1. The lowest BCUT2D eigenvalue weighted by Gasteiger charge is -2.22. The highest BCUT2D eigenvalue weighted by atomic mass is 35.5. The van der Waals surface area contributed by atoms with Crippen LogP contribution >= 0.6 is 22.9 Å². The number of hydrogen-bond acceptors (Lipinski definition) is 3. The zero-order chi connectivity index (χ0) is 15.7. The smallest absolute Gasteiger partial charge is 0.223 e. The molecular formula is C17H18ClNO2S. The number of rotatable bonds is 5. The first-order chi connectivity index (χ1) is 10.5. The number of halogens is 1. The second kappa shape index (κ2) is 6.03. The Kier molecular flexibility index (Phi) is 4.26. The molecule has 3 rings (SSSR count). The summed E-state index contributed by atoms with van der Waals surface area (Å²) >= 11 is 7.52. The number of hydrogen-bond donors (Lipinski definition) is 2. The van der Waals surface area contributed by atoms with Crippen molar-refractivity contribution in [2.45, 2.75) is 24.9 Å². The van der Waals surface area contributed by atoms with Crippen molar-refractivity contribution in [2.75, 3.05) is 6.54 Å². The molecule has 3 nitrogen and oxygen atoms in total. The maximum absolute atomic E-state index is 12.2. The normalized spacial score (nSPS) is 22.9. The van der Waals surface area contributed by atoms with Crippen molar-refractivity contribution in [2.24, 2.45) is 5.92 Å². The molecule has 5 heteroatoms. The zero-order valence-electron chi connectivity index (χ0n) is 12.3. The van der Waals surface area contributed by atoms with E-state index in [4.69, 9.17) is 11.6 Å². The quantitative estimate of drug-likeness (QED) is 0.878. The fourth-order valence-corrected chi connectivity index (χ4v) is 3.64. The van der Waals surface area contributed by atoms with Gasteiger partial charge in [-0.25, -0.2) is 0 Å². The maximum Gasteiger partial charge on any atom is 0.223 e. The van der Waals surface area contributed by atoms with Gasteiger partial charge in [-0.05, 0) is 59.3 Å². The van der Waals surface area contributed by atoms with Gasteiger partial charge in [0.05, 0.1) is 6.54 Å². The predicted molar refractivity (Wildman–Crippen MR) is 89.2 cm³/mol. The van der Waals surface area contributed by atoms with Gasteiger partial charge in [0.2, 0.25) is 5.91 Å². The van der Waals surface area contributed by atoms with E-state index >= 15 is 0 Å². The van der Waals surface area contributed by atoms with Crippen LogP contribution in [0.15, 0.2) is 41.1 Å². The molecule has 116 valence electrons. The molecule has 1 aliphatic carbocycles. The minimum atomic E-state index is -1.03. The Bertz CT molecular complexity index is 669. The first kappa shape index (κ1) is 15.5. The average molecular weight is 336 g/mol. The summed E-state index contributed by atoms with van der Waals surface area (Å²) in [6.45, 7) is 1.94. The summed E-state index contributed by atoms with van der Waals surface area (Å²) in [5, 5.41) is 17.8. The minimum Gasteiger partial charge on any atom is -0.384 e. The van der Waals surface area contributed by atoms with Gasteiger partial charge in [0.1, 0.15) is 5.60 Å². The van der Waals surface area contributed by atoms with Gasteiger partial charge in [-0.15, -0.1) is 0 Å². The fourth-order valence-electron chi connectivity index (χ4n) is 2.65. The molecule has 1 fully saturated rings. The molecule has 0 bridgehead atoms. The highest BCUT2D eigenvalue weighted by Gasteiger charge is 2.44. The highest BCUT2D eigenvalue weighted by Crippen LogP contribution is 2.48. The summed E-state index contributed by atoms with van der Waals surface area (Å²) < 4.78 is 0. The van der Waals surface area contributed by atoms with Gasteiger partial charge in [-0.3, -0.25) is 4.79 Å². The van der Waals surface area contributed by atoms with E-state index in [0.717, 1.165) is 17.5 Å². The van der Waals surface area contributed by atoms with E-state index in [1.165, 1.54) is 11.3 Å². The molecule has 1 saturated carbocycles. The van der Waals surface area contributed by atoms with E-state index in [1.807, 2.05) is 41.1 Å². The van der Waals surface area contributed by atoms with Gasteiger partial charge in [0, 0.05) is 10.9 Å². The number of benzene rings is 1. The molecule has 1 heterocycles. The van der Waals surface area contributed by atoms with Crippen molar-refractivity contribution in [3.05, 3.63) is 57.2 Å². The van der Waals surface area contributed by atoms with Gasteiger partial charge in [-0.2, -0.15) is 11.3 Å². The van der Waals surface area contributed by atoms with Crippen molar-refractivity contribution in [3.8, 4) is 0 Å². The van der Waals surface area contributed by atoms with E-state index in [9.17, 15) is 9.90 Å². The lowest BCUT2D eigenvalue weighted by atomic mass is 9.99. The largest absolute Gasteiger partial charge is 0.384 e. The van der Waals surface area contributed by atoms with Crippen LogP contribution in [0, 0.1) is 5.92 Å². The minimum absolute atomic E-state index is 0.000445. The van der Waals surface area contributed by atoms with Crippen LogP contribution in [0.4, 0.5) is 0 Å². The monoisotopic (exact) mass is 335 g/mol. The second-order valence-corrected chi connectivity index (χ2v) is 7.22. The lowest BCUT2D eigenvalue weighted by molar-refractivity contribution is -0.123. The van der Waals surface area contributed by atoms with Gasteiger partial charge in [0.25, 0.3) is 0 Å². The summed E-state index contributed by atoms with van der Waals surface area (Å²) in [5.74, 6) is 0.224. The molecule has 1 aliphatic rings. The molecule has 2 aromatic rings. The van der Waals surface area contributed by atoms with Crippen molar-refractivity contribution in [3.63, 3.8) is 0 Å². The second-order valence-electron chi connectivity index (χ2n) is 6.01. The molecule has 1 amide bonds. The molecule has 0 saturated heterocycles. The van der Waals surface area contributed by atoms with E-state index in [2.05, 4.69) is 5.32 Å². The SMILES string of the molecule is CC(O)(CNC(=O)C1CC1c1cccc(Cl)c1)c1ccsc1. The Morgan fingerprint density at radius 3 is 3.00 bits per heavy atom. The van der Waals surface area contributed by atoms with Crippen LogP contribution in [-0.2, 0) is 10.4 Å². The molecule has 0 spiro atoms. The van der Waals surface area contributed by atoms with Gasteiger partial charge in [0.15, 0.2) is 0 Å². The summed E-state index contributed by atoms with van der Waals surface area (Å²) in [6.07, 6.45) is 0.840. The third-order valence-corrected chi connectivity index (χ3v) is 5.07. The zero-order valence-corrected chi connectivity index (χ0v) is 13.8. The summed E-state index contributed by atoms with van der Waals surface area (Å²) in [6, 6.07) is 9.54. The number of carbonyl (C=O) groups excluding carboxylic acids is 1. The molecule has 0 radical (unpaired) electrons. The molecule has 0 aliphatic heterocycles. The molecule has 22 heavy (non-hydrogen) atoms. The van der Waals surface area contributed by atoms with E-state index in [-0.39, 0.29) is 24.3 Å². The third-order valence-electron chi connectivity index (χ3n) is 4.15. The van der Waals surface area contributed by atoms with Crippen LogP contribution < -0.4 is 5.32 Å². The molecule has 1 aromatic heterocycles. The lowest BCUT2D eigenvalue weighted by Crippen LogP contribution is -2.39. The van der Waals surface area contributed by atoms with Gasteiger partial charge >= 0.3 is 0 Å². The Morgan fingerprint density at radius 2 is 2.32 bits per heavy atom. The van der Waals surface area contributed by atoms with Crippen molar-refractivity contribution in [1.82, 2.24) is 5.32 Å². The van der Waals surface area contributed by atoms with Gasteiger partial charge < -0.3 is 10.4 Å². The molecular weight excluding hydrogens is 318 g/mol. The van der Waals surface area contributed by atoms with Crippen LogP contribution in [0.3, 0.4) is 0 Å². The molecule has 3 atom stereocenters. The van der Waals surface area contributed by atoms with Crippen LogP contribution in [-0.4, -0.2) is 17.6 Å². The number of nitrogens with one attached hydrogen (secondary N) is 1. The van der Waals surface area contributed by atoms with Crippen molar-refractivity contribution in [1.29, 1.82) is 0 Å². The number of aliphatic hydroxyl groups is 1. The van der Waals surface area contributed by atoms with Crippen molar-refractivity contribution >= 4 is 28.8 Å². The average Bonchev–Trinajstić information content (AvgIpc) is 3.09. The third kappa shape index (κ3) is 3.35. The Balaban J connectivity index is 1.56. The number of carbonyl (C=O) groups is 1. The summed E-state index contributed by atoms with van der Waals surface area (Å²) in [4.78, 5) is 12.2. The van der Waals surface area contributed by atoms with Crippen molar-refractivity contribution < 1.29 is 9.90 Å². The molecule has 2 N–H and O–H groups in total. The highest BCUT2D eigenvalue weighted by molar-refractivity contribution is 7.08. The summed E-state index contributed by atoms with van der Waals surface area (Å²) in [7, 11) is 0. The Morgan fingerprint density at radius 1 is 1.50 bits per heavy atom. The maximum atomic E-state index is 12.2. The summed E-state index contributed by atoms with van der Waals surface area (Å²) in [5.41, 5.74) is 0.910. The Hall–Kier alpha value is -1.36.